The molecule has 92 valence electrons. The standard InChI is InChI=1S/C11H20ClN3O/c1-3-6-15-11(9(12)8-14-15)10(13)5-4-7-16-2/h8,10H,3-7,13H2,1-2H3. The molecule has 4 nitrogen and oxygen atoms in total. The third-order valence-electron chi connectivity index (χ3n) is 2.48. The van der Waals surface area contributed by atoms with Crippen molar-refractivity contribution in [3.05, 3.63) is 16.9 Å². The summed E-state index contributed by atoms with van der Waals surface area (Å²) in [6.45, 7) is 3.70. The molecule has 0 fully saturated rings. The van der Waals surface area contributed by atoms with Crippen LogP contribution in [-0.2, 0) is 11.3 Å². The molecule has 0 aliphatic carbocycles. The number of methoxy groups -OCH3 is 1. The molecule has 1 aromatic heterocycles. The van der Waals surface area contributed by atoms with Crippen LogP contribution in [0.5, 0.6) is 0 Å². The van der Waals surface area contributed by atoms with E-state index in [0.29, 0.717) is 5.02 Å². The van der Waals surface area contributed by atoms with Gasteiger partial charge in [-0.05, 0) is 19.3 Å². The Bertz CT molecular complexity index is 314. The van der Waals surface area contributed by atoms with Gasteiger partial charge in [0.25, 0.3) is 0 Å². The van der Waals surface area contributed by atoms with Crippen LogP contribution in [0.15, 0.2) is 6.20 Å². The van der Waals surface area contributed by atoms with E-state index in [-0.39, 0.29) is 6.04 Å². The zero-order valence-corrected chi connectivity index (χ0v) is 10.7. The summed E-state index contributed by atoms with van der Waals surface area (Å²) in [5.74, 6) is 0. The molecule has 0 aliphatic rings. The van der Waals surface area contributed by atoms with Crippen LogP contribution in [0.25, 0.3) is 0 Å². The van der Waals surface area contributed by atoms with Gasteiger partial charge in [-0.15, -0.1) is 0 Å². The van der Waals surface area contributed by atoms with Crippen LogP contribution in [-0.4, -0.2) is 23.5 Å². The molecule has 0 aromatic carbocycles. The van der Waals surface area contributed by atoms with Crippen LogP contribution in [0.2, 0.25) is 5.02 Å². The summed E-state index contributed by atoms with van der Waals surface area (Å²) >= 11 is 6.09. The highest BCUT2D eigenvalue weighted by Crippen LogP contribution is 2.24. The van der Waals surface area contributed by atoms with Crippen molar-refractivity contribution in [2.24, 2.45) is 5.73 Å². The number of aromatic nitrogens is 2. The Morgan fingerprint density at radius 3 is 3.00 bits per heavy atom. The minimum Gasteiger partial charge on any atom is -0.385 e. The van der Waals surface area contributed by atoms with Gasteiger partial charge in [-0.1, -0.05) is 18.5 Å². The van der Waals surface area contributed by atoms with Crippen molar-refractivity contribution in [3.8, 4) is 0 Å². The summed E-state index contributed by atoms with van der Waals surface area (Å²) in [6, 6.07) is -0.0586. The quantitative estimate of drug-likeness (QED) is 0.751. The van der Waals surface area contributed by atoms with Gasteiger partial charge < -0.3 is 10.5 Å². The van der Waals surface area contributed by atoms with Crippen molar-refractivity contribution >= 4 is 11.6 Å². The minimum absolute atomic E-state index is 0.0586. The van der Waals surface area contributed by atoms with Gasteiger partial charge in [0.15, 0.2) is 0 Å². The molecule has 16 heavy (non-hydrogen) atoms. The predicted octanol–water partition coefficient (Wildman–Crippen LogP) is 2.37. The van der Waals surface area contributed by atoms with Crippen molar-refractivity contribution in [1.82, 2.24) is 9.78 Å². The number of nitrogens with two attached hydrogens (primary N) is 1. The molecular formula is C11H20ClN3O. The Morgan fingerprint density at radius 1 is 1.62 bits per heavy atom. The fraction of sp³-hybridized carbons (Fsp3) is 0.727. The van der Waals surface area contributed by atoms with E-state index in [0.717, 1.165) is 38.1 Å². The molecule has 1 heterocycles. The number of hydrogen-bond donors (Lipinski definition) is 1. The minimum atomic E-state index is -0.0586. The number of nitrogens with zero attached hydrogens (tertiary/aromatic N) is 2. The molecule has 0 aliphatic heterocycles. The summed E-state index contributed by atoms with van der Waals surface area (Å²) in [7, 11) is 1.69. The normalized spacial score (nSPS) is 13.0. The lowest BCUT2D eigenvalue weighted by Gasteiger charge is -2.14. The summed E-state index contributed by atoms with van der Waals surface area (Å²) in [6.07, 6.45) is 4.49. The summed E-state index contributed by atoms with van der Waals surface area (Å²) in [4.78, 5) is 0. The van der Waals surface area contributed by atoms with Crippen molar-refractivity contribution in [3.63, 3.8) is 0 Å². The molecular weight excluding hydrogens is 226 g/mol. The number of ether oxygens (including phenoxy) is 1. The van der Waals surface area contributed by atoms with E-state index in [1.807, 2.05) is 4.68 Å². The van der Waals surface area contributed by atoms with Gasteiger partial charge in [0.05, 0.1) is 16.9 Å². The maximum absolute atomic E-state index is 6.11. The average molecular weight is 246 g/mol. The van der Waals surface area contributed by atoms with Crippen molar-refractivity contribution in [1.29, 1.82) is 0 Å². The van der Waals surface area contributed by atoms with Crippen LogP contribution in [0, 0.1) is 0 Å². The monoisotopic (exact) mass is 245 g/mol. The first-order valence-corrected chi connectivity index (χ1v) is 6.04. The number of hydrogen-bond acceptors (Lipinski definition) is 3. The Hall–Kier alpha value is -0.580. The van der Waals surface area contributed by atoms with Gasteiger partial charge in [-0.25, -0.2) is 0 Å². The first kappa shape index (κ1) is 13.5. The molecule has 0 saturated carbocycles. The average Bonchev–Trinajstić information content (AvgIpc) is 2.61. The van der Waals surface area contributed by atoms with Gasteiger partial charge in [0, 0.05) is 26.3 Å². The van der Waals surface area contributed by atoms with Crippen LogP contribution >= 0.6 is 11.6 Å². The Kier molecular flexibility index (Phi) is 5.80. The molecule has 0 radical (unpaired) electrons. The molecule has 1 atom stereocenters. The van der Waals surface area contributed by atoms with E-state index >= 15 is 0 Å². The predicted molar refractivity (Wildman–Crippen MR) is 65.6 cm³/mol. The third-order valence-corrected chi connectivity index (χ3v) is 2.77. The zero-order chi connectivity index (χ0) is 12.0. The second-order valence-electron chi connectivity index (χ2n) is 3.84. The highest BCUT2D eigenvalue weighted by atomic mass is 35.5. The van der Waals surface area contributed by atoms with Gasteiger partial charge >= 0.3 is 0 Å². The summed E-state index contributed by atoms with van der Waals surface area (Å²) < 4.78 is 6.91. The first-order chi connectivity index (χ1) is 7.70. The van der Waals surface area contributed by atoms with Crippen molar-refractivity contribution < 1.29 is 4.74 Å². The third kappa shape index (κ3) is 3.47. The molecule has 0 amide bonds. The summed E-state index contributed by atoms with van der Waals surface area (Å²) in [5.41, 5.74) is 7.06. The highest BCUT2D eigenvalue weighted by Gasteiger charge is 2.16. The lowest BCUT2D eigenvalue weighted by molar-refractivity contribution is 0.190. The maximum Gasteiger partial charge on any atom is 0.0834 e. The van der Waals surface area contributed by atoms with E-state index in [1.54, 1.807) is 13.3 Å². The number of aryl methyl sites for hydroxylation is 1. The van der Waals surface area contributed by atoms with Crippen LogP contribution in [0.3, 0.4) is 0 Å². The largest absolute Gasteiger partial charge is 0.385 e. The Labute approximate surface area is 102 Å². The van der Waals surface area contributed by atoms with Gasteiger partial charge in [-0.3, -0.25) is 4.68 Å². The molecule has 0 bridgehead atoms. The van der Waals surface area contributed by atoms with E-state index in [1.165, 1.54) is 0 Å². The summed E-state index contributed by atoms with van der Waals surface area (Å²) in [5, 5.41) is 4.89. The van der Waals surface area contributed by atoms with Crippen LogP contribution in [0.1, 0.15) is 37.9 Å². The van der Waals surface area contributed by atoms with E-state index in [4.69, 9.17) is 22.1 Å². The van der Waals surface area contributed by atoms with Gasteiger partial charge in [0.2, 0.25) is 0 Å². The topological polar surface area (TPSA) is 53.1 Å². The van der Waals surface area contributed by atoms with E-state index in [9.17, 15) is 0 Å². The van der Waals surface area contributed by atoms with Gasteiger partial charge in [-0.2, -0.15) is 5.10 Å². The fourth-order valence-corrected chi connectivity index (χ4v) is 2.00. The smallest absolute Gasteiger partial charge is 0.0834 e. The molecule has 1 rings (SSSR count). The van der Waals surface area contributed by atoms with Crippen molar-refractivity contribution in [2.45, 2.75) is 38.8 Å². The fourth-order valence-electron chi connectivity index (χ4n) is 1.71. The molecule has 2 N–H and O–H groups in total. The highest BCUT2D eigenvalue weighted by molar-refractivity contribution is 6.31. The second-order valence-corrected chi connectivity index (χ2v) is 4.25. The molecule has 0 spiro atoms. The molecule has 5 heteroatoms. The van der Waals surface area contributed by atoms with Crippen LogP contribution in [0.4, 0.5) is 0 Å². The maximum atomic E-state index is 6.11. The number of rotatable bonds is 7. The lowest BCUT2D eigenvalue weighted by atomic mass is 10.1. The Morgan fingerprint density at radius 2 is 2.38 bits per heavy atom. The van der Waals surface area contributed by atoms with E-state index in [2.05, 4.69) is 12.0 Å². The first-order valence-electron chi connectivity index (χ1n) is 5.66. The zero-order valence-electron chi connectivity index (χ0n) is 9.95. The lowest BCUT2D eigenvalue weighted by Crippen LogP contribution is -2.17. The Balaban J connectivity index is 2.65. The van der Waals surface area contributed by atoms with Gasteiger partial charge in [0.1, 0.15) is 0 Å². The van der Waals surface area contributed by atoms with Crippen molar-refractivity contribution in [2.75, 3.05) is 13.7 Å². The number of halogens is 1. The molecule has 1 unspecified atom stereocenters. The van der Waals surface area contributed by atoms with E-state index < -0.39 is 0 Å². The molecule has 0 saturated heterocycles. The van der Waals surface area contributed by atoms with Crippen LogP contribution < -0.4 is 5.73 Å². The molecule has 1 aromatic rings. The second kappa shape index (κ2) is 6.89. The SMILES string of the molecule is CCCn1ncc(Cl)c1C(N)CCCOC.